The molecular formula is C92H57N7O2S. The van der Waals surface area contributed by atoms with Crippen molar-refractivity contribution in [3.05, 3.63) is 347 Å². The van der Waals surface area contributed by atoms with Crippen LogP contribution in [0, 0.1) is 0 Å². The Morgan fingerprint density at radius 2 is 0.706 bits per heavy atom. The zero-order valence-electron chi connectivity index (χ0n) is 54.8. The Morgan fingerprint density at radius 3 is 1.33 bits per heavy atom. The van der Waals surface area contributed by atoms with E-state index in [4.69, 9.17) is 8.83 Å². The number of furan rings is 2. The molecule has 8 heterocycles. The third kappa shape index (κ3) is 10.6. The number of hydrogen-bond acceptors (Lipinski definition) is 9. The van der Waals surface area contributed by atoms with Crippen LogP contribution in [0.5, 0.6) is 0 Å². The molecule has 21 aromatic rings. The van der Waals surface area contributed by atoms with Gasteiger partial charge in [0.05, 0.1) is 22.1 Å². The highest BCUT2D eigenvalue weighted by Gasteiger charge is 2.20. The summed E-state index contributed by atoms with van der Waals surface area (Å²) >= 11 is 1.86. The van der Waals surface area contributed by atoms with E-state index in [9.17, 15) is 0 Å². The molecule has 0 fully saturated rings. The number of pyridine rings is 2. The van der Waals surface area contributed by atoms with Gasteiger partial charge in [0.1, 0.15) is 46.2 Å². The van der Waals surface area contributed by atoms with E-state index >= 15 is 0 Å². The highest BCUT2D eigenvalue weighted by atomic mass is 32.1. The molecule has 9 nitrogen and oxygen atoms in total. The maximum atomic E-state index is 6.21. The summed E-state index contributed by atoms with van der Waals surface area (Å²) in [4.78, 5) is 27.6. The summed E-state index contributed by atoms with van der Waals surface area (Å²) in [7, 11) is 0. The first kappa shape index (κ1) is 59.7. The summed E-state index contributed by atoms with van der Waals surface area (Å²) in [6, 6.07) is 112. The first-order valence-corrected chi connectivity index (χ1v) is 34.7. The zero-order valence-corrected chi connectivity index (χ0v) is 55.6. The molecule has 0 saturated heterocycles. The summed E-state index contributed by atoms with van der Waals surface area (Å²) in [6.07, 6.45) is 6.96. The fourth-order valence-corrected chi connectivity index (χ4v) is 15.8. The van der Waals surface area contributed by atoms with Crippen molar-refractivity contribution in [3.8, 4) is 83.8 Å². The number of nitrogens with zero attached hydrogens (tertiary/aromatic N) is 7. The molecule has 10 heteroatoms. The van der Waals surface area contributed by atoms with Crippen molar-refractivity contribution in [1.82, 2.24) is 34.5 Å². The highest BCUT2D eigenvalue weighted by molar-refractivity contribution is 7.26. The number of hydrogen-bond donors (Lipinski definition) is 0. The summed E-state index contributed by atoms with van der Waals surface area (Å²) in [5.74, 6) is 0. The predicted octanol–water partition coefficient (Wildman–Crippen LogP) is 24.7. The van der Waals surface area contributed by atoms with Crippen molar-refractivity contribution in [1.29, 1.82) is 0 Å². The van der Waals surface area contributed by atoms with Gasteiger partial charge in [-0.25, -0.2) is 19.9 Å². The quantitative estimate of drug-likeness (QED) is 0.138. The number of fused-ring (bicyclic) bond motifs is 15. The van der Waals surface area contributed by atoms with Crippen molar-refractivity contribution >= 4 is 119 Å². The molecule has 0 atom stereocenters. The van der Waals surface area contributed by atoms with Gasteiger partial charge in [0.15, 0.2) is 11.2 Å². The second-order valence-electron chi connectivity index (χ2n) is 25.2. The Morgan fingerprint density at radius 1 is 0.255 bits per heavy atom. The van der Waals surface area contributed by atoms with Crippen molar-refractivity contribution in [2.24, 2.45) is 0 Å². The maximum Gasteiger partial charge on any atom is 0.180 e. The Labute approximate surface area is 589 Å². The first-order valence-electron chi connectivity index (χ1n) is 33.9. The predicted molar refractivity (Wildman–Crippen MR) is 421 cm³/mol. The number of benzene rings is 13. The minimum absolute atomic E-state index is 0.713. The van der Waals surface area contributed by atoms with Gasteiger partial charge in [-0.2, -0.15) is 0 Å². The standard InChI is InChI=1S/C34H21N3O.C34H20N2OS.C24H16N2/c1-4-16-29-26(13-1)27-14-2-5-17-30(27)37(29)25-12-8-10-23(20-25)22-9-7-11-24(19-22)32-34-33(36-21-35-32)28-15-3-6-18-31(28)38-34;1-3-16-29-28(13-1)32-33(37-29)31(35-20-36-32)24-11-6-9-22(19-24)21-8-5-10-23(18-21)25-14-7-15-27-26-12-2-4-17-30(26)38-34(25)27;1-3-8-17(9-4-1)19-13-15-26-24-22(19)16-21(18-10-5-2-6-11-18)20-12-7-14-25-23(20)24/h1-21H;1-20H;1-16H. The van der Waals surface area contributed by atoms with Gasteiger partial charge in [0.2, 0.25) is 0 Å². The average molecular weight is 1320 g/mol. The van der Waals surface area contributed by atoms with E-state index in [1.807, 2.05) is 90.5 Å². The third-order valence-corrected chi connectivity index (χ3v) is 20.5. The Hall–Kier alpha value is -13.5. The molecule has 0 saturated carbocycles. The van der Waals surface area contributed by atoms with Gasteiger partial charge in [-0.05, 0) is 147 Å². The van der Waals surface area contributed by atoms with Gasteiger partial charge in [-0.1, -0.05) is 231 Å². The summed E-state index contributed by atoms with van der Waals surface area (Å²) in [6.45, 7) is 0. The Bertz CT molecular complexity index is 6570. The fourth-order valence-electron chi connectivity index (χ4n) is 14.6. The zero-order chi connectivity index (χ0) is 67.5. The molecule has 0 aliphatic carbocycles. The molecule has 0 spiro atoms. The number of thiophene rings is 1. The van der Waals surface area contributed by atoms with Gasteiger partial charge >= 0.3 is 0 Å². The molecular weight excluding hydrogens is 1270 g/mol. The molecule has 0 amide bonds. The lowest BCUT2D eigenvalue weighted by atomic mass is 9.94. The molecule has 0 aliphatic heterocycles. The van der Waals surface area contributed by atoms with Gasteiger partial charge in [0, 0.05) is 81.7 Å². The average Bonchev–Trinajstić information content (AvgIpc) is 1.26. The molecule has 102 heavy (non-hydrogen) atoms. The monoisotopic (exact) mass is 1320 g/mol. The van der Waals surface area contributed by atoms with Crippen molar-refractivity contribution in [2.45, 2.75) is 0 Å². The second-order valence-corrected chi connectivity index (χ2v) is 26.3. The van der Waals surface area contributed by atoms with Crippen LogP contribution in [0.4, 0.5) is 0 Å². The van der Waals surface area contributed by atoms with Crippen LogP contribution in [-0.4, -0.2) is 34.5 Å². The van der Waals surface area contributed by atoms with Crippen molar-refractivity contribution in [2.75, 3.05) is 0 Å². The minimum atomic E-state index is 0.713. The Balaban J connectivity index is 0.000000108. The van der Waals surface area contributed by atoms with Crippen LogP contribution < -0.4 is 0 Å². The van der Waals surface area contributed by atoms with Crippen LogP contribution in [0.1, 0.15) is 0 Å². The molecule has 0 N–H and O–H groups in total. The van der Waals surface area contributed by atoms with E-state index < -0.39 is 0 Å². The lowest BCUT2D eigenvalue weighted by Crippen LogP contribution is -1.94. The molecule has 0 bridgehead atoms. The third-order valence-electron chi connectivity index (χ3n) is 19.3. The summed E-state index contributed by atoms with van der Waals surface area (Å²) < 4.78 is 17.4. The van der Waals surface area contributed by atoms with E-state index in [0.717, 1.165) is 111 Å². The normalized spacial score (nSPS) is 11.5. The van der Waals surface area contributed by atoms with Crippen LogP contribution in [0.25, 0.3) is 192 Å². The summed E-state index contributed by atoms with van der Waals surface area (Å²) in [5.41, 5.74) is 25.6. The number of aromatic nitrogens is 7. The first-order chi connectivity index (χ1) is 50.6. The van der Waals surface area contributed by atoms with Crippen LogP contribution >= 0.6 is 11.3 Å². The van der Waals surface area contributed by atoms with Gasteiger partial charge in [-0.3, -0.25) is 9.97 Å². The van der Waals surface area contributed by atoms with Gasteiger partial charge in [0.25, 0.3) is 0 Å². The lowest BCUT2D eigenvalue weighted by Gasteiger charge is -2.12. The molecule has 0 unspecified atom stereocenters. The fraction of sp³-hybridized carbons (Fsp3) is 0. The number of rotatable bonds is 8. The smallest absolute Gasteiger partial charge is 0.180 e. The van der Waals surface area contributed by atoms with Gasteiger partial charge < -0.3 is 13.4 Å². The largest absolute Gasteiger partial charge is 0.452 e. The minimum Gasteiger partial charge on any atom is -0.452 e. The molecule has 21 rings (SSSR count). The van der Waals surface area contributed by atoms with Crippen molar-refractivity contribution in [3.63, 3.8) is 0 Å². The van der Waals surface area contributed by atoms with Crippen LogP contribution in [0.2, 0.25) is 0 Å². The molecule has 13 aromatic carbocycles. The van der Waals surface area contributed by atoms with E-state index in [1.54, 1.807) is 12.7 Å². The molecule has 0 radical (unpaired) electrons. The van der Waals surface area contributed by atoms with E-state index in [1.165, 1.54) is 75.4 Å². The van der Waals surface area contributed by atoms with Gasteiger partial charge in [-0.15, -0.1) is 11.3 Å². The van der Waals surface area contributed by atoms with Crippen molar-refractivity contribution < 1.29 is 8.83 Å². The molecule has 0 aliphatic rings. The van der Waals surface area contributed by atoms with Crippen LogP contribution in [0.15, 0.2) is 355 Å². The maximum absolute atomic E-state index is 6.21. The highest BCUT2D eigenvalue weighted by Crippen LogP contribution is 2.44. The summed E-state index contributed by atoms with van der Waals surface area (Å²) in [5, 5.41) is 9.41. The van der Waals surface area contributed by atoms with Crippen LogP contribution in [0.3, 0.4) is 0 Å². The van der Waals surface area contributed by atoms with E-state index in [-0.39, 0.29) is 0 Å². The SMILES string of the molecule is c1cc(-c2cccc(-c3cccc4c3sc3ccccc34)c2)cc(-c2ncnc3c2oc2ccccc23)c1.c1cc(-c2cccc(-n3c4ccccc4c4ccccc43)c2)cc(-c2ncnc3c2oc2ccccc23)c1.c1ccc(-c2cc3c(-c4ccccc4)ccnc3c3ncccc23)cc1. The van der Waals surface area contributed by atoms with E-state index in [2.05, 4.69) is 289 Å². The molecule has 8 aromatic heterocycles. The number of para-hydroxylation sites is 4. The van der Waals surface area contributed by atoms with E-state index in [0.29, 0.717) is 5.58 Å². The molecule has 478 valence electrons. The topological polar surface area (TPSA) is 109 Å². The second kappa shape index (κ2) is 25.4. The Kier molecular flexibility index (Phi) is 14.9. The lowest BCUT2D eigenvalue weighted by molar-refractivity contribution is 0.667. The van der Waals surface area contributed by atoms with Crippen LogP contribution in [-0.2, 0) is 0 Å².